The summed E-state index contributed by atoms with van der Waals surface area (Å²) in [6.45, 7) is 4.17. The van der Waals surface area contributed by atoms with E-state index in [4.69, 9.17) is 0 Å². The van der Waals surface area contributed by atoms with Crippen molar-refractivity contribution in [3.05, 3.63) is 82.9 Å². The number of allylic oxidation sites excluding steroid dienone is 1. The molecule has 14 heteroatoms. The summed E-state index contributed by atoms with van der Waals surface area (Å²) in [7, 11) is 3.31. The number of likely N-dealkylation sites (N-methyl/N-ethyl adjacent to an activating group) is 2. The standard InChI is InChI=1S/C46H60N8O6/c1-29(47-3)41(55)51-37(45(59)53-27-25-39(53)43(57)49-35-23-13-17-31-15-9-11-19-33(31)35)21-7-5-6-8-22-38(52-42(56)30(2)48-4)46(60)54-28-26-40(54)44(58)50-36-24-14-18-32-16-10-12-20-34(32)36/h5,7,9-12,15-16,19-20,29-30,35-40,47-48H,13-14,17-18,21-28H2,1-4H3,(H,49,57)(H,50,58)(H,51,55)(H,52,56). The quantitative estimate of drug-likeness (QED) is 0.148. The van der Waals surface area contributed by atoms with Crippen molar-refractivity contribution in [3.8, 4) is 11.8 Å². The summed E-state index contributed by atoms with van der Waals surface area (Å²) >= 11 is 0. The monoisotopic (exact) mass is 820 g/mol. The van der Waals surface area contributed by atoms with E-state index in [1.54, 1.807) is 40.1 Å². The Labute approximate surface area is 353 Å². The number of nitrogens with one attached hydrogen (secondary N) is 6. The second-order valence-corrected chi connectivity index (χ2v) is 16.3. The maximum Gasteiger partial charge on any atom is 0.246 e. The van der Waals surface area contributed by atoms with Gasteiger partial charge in [0, 0.05) is 19.5 Å². The third-order valence-corrected chi connectivity index (χ3v) is 12.4. The second kappa shape index (κ2) is 20.6. The first-order valence-electron chi connectivity index (χ1n) is 21.5. The summed E-state index contributed by atoms with van der Waals surface area (Å²) in [5.74, 6) is 4.01. The zero-order valence-electron chi connectivity index (χ0n) is 35.2. The van der Waals surface area contributed by atoms with Gasteiger partial charge in [0.05, 0.1) is 24.2 Å². The van der Waals surface area contributed by atoms with E-state index in [0.29, 0.717) is 25.9 Å². The third kappa shape index (κ3) is 10.4. The van der Waals surface area contributed by atoms with Crippen molar-refractivity contribution in [2.75, 3.05) is 27.2 Å². The first kappa shape index (κ1) is 44.0. The molecule has 2 saturated heterocycles. The van der Waals surface area contributed by atoms with Gasteiger partial charge in [0.15, 0.2) is 0 Å². The van der Waals surface area contributed by atoms with Gasteiger partial charge in [0.1, 0.15) is 24.2 Å². The Kier molecular flexibility index (Phi) is 15.1. The van der Waals surface area contributed by atoms with Crippen molar-refractivity contribution in [2.24, 2.45) is 0 Å². The Morgan fingerprint density at radius 1 is 0.683 bits per heavy atom. The molecule has 8 atom stereocenters. The fraction of sp³-hybridized carbons (Fsp3) is 0.522. The summed E-state index contributed by atoms with van der Waals surface area (Å²) in [5, 5.41) is 17.8. The Hall–Kier alpha value is -5.52. The predicted molar refractivity (Wildman–Crippen MR) is 228 cm³/mol. The molecule has 8 unspecified atom stereocenters. The lowest BCUT2D eigenvalue weighted by Crippen LogP contribution is -2.63. The van der Waals surface area contributed by atoms with E-state index in [0.717, 1.165) is 49.7 Å². The number of benzene rings is 2. The molecule has 2 aliphatic carbocycles. The van der Waals surface area contributed by atoms with Gasteiger partial charge in [0.2, 0.25) is 35.4 Å². The predicted octanol–water partition coefficient (Wildman–Crippen LogP) is 2.10. The molecule has 2 aromatic carbocycles. The maximum absolute atomic E-state index is 13.9. The van der Waals surface area contributed by atoms with Gasteiger partial charge in [-0.05, 0) is 114 Å². The van der Waals surface area contributed by atoms with Crippen molar-refractivity contribution in [3.63, 3.8) is 0 Å². The van der Waals surface area contributed by atoms with Gasteiger partial charge < -0.3 is 41.7 Å². The van der Waals surface area contributed by atoms with E-state index < -0.39 is 36.3 Å². The largest absolute Gasteiger partial charge is 0.347 e. The molecule has 0 aromatic heterocycles. The van der Waals surface area contributed by atoms with Crippen molar-refractivity contribution in [1.29, 1.82) is 0 Å². The molecule has 0 saturated carbocycles. The van der Waals surface area contributed by atoms with Crippen LogP contribution in [0.5, 0.6) is 0 Å². The minimum Gasteiger partial charge on any atom is -0.347 e. The molecule has 2 fully saturated rings. The molecule has 4 aliphatic rings. The van der Waals surface area contributed by atoms with Crippen LogP contribution in [0, 0.1) is 11.8 Å². The summed E-state index contributed by atoms with van der Waals surface area (Å²) in [6.07, 6.45) is 9.93. The van der Waals surface area contributed by atoms with Gasteiger partial charge in [-0.25, -0.2) is 0 Å². The van der Waals surface area contributed by atoms with E-state index in [9.17, 15) is 28.8 Å². The Morgan fingerprint density at radius 3 is 1.62 bits per heavy atom. The second-order valence-electron chi connectivity index (χ2n) is 16.3. The average Bonchev–Trinajstić information content (AvgIpc) is 3.22. The van der Waals surface area contributed by atoms with Crippen LogP contribution in [0.2, 0.25) is 0 Å². The number of hydrogen-bond donors (Lipinski definition) is 6. The van der Waals surface area contributed by atoms with E-state index >= 15 is 0 Å². The van der Waals surface area contributed by atoms with Gasteiger partial charge >= 0.3 is 0 Å². The van der Waals surface area contributed by atoms with E-state index in [-0.39, 0.29) is 60.4 Å². The van der Waals surface area contributed by atoms with Crippen LogP contribution in [-0.2, 0) is 41.6 Å². The molecule has 2 aromatic rings. The van der Waals surface area contributed by atoms with Gasteiger partial charge in [-0.15, -0.1) is 0 Å². The highest BCUT2D eigenvalue weighted by molar-refractivity contribution is 5.95. The highest BCUT2D eigenvalue weighted by Gasteiger charge is 2.43. The summed E-state index contributed by atoms with van der Waals surface area (Å²) in [5.41, 5.74) is 4.69. The van der Waals surface area contributed by atoms with Crippen molar-refractivity contribution in [1.82, 2.24) is 41.7 Å². The lowest BCUT2D eigenvalue weighted by Gasteiger charge is -2.42. The number of rotatable bonds is 15. The van der Waals surface area contributed by atoms with Crippen LogP contribution in [0.1, 0.15) is 99.6 Å². The smallest absolute Gasteiger partial charge is 0.246 e. The number of likely N-dealkylation sites (tertiary alicyclic amines) is 2. The number of nitrogens with zero attached hydrogens (tertiary/aromatic N) is 2. The molecule has 14 nitrogen and oxygen atoms in total. The zero-order chi connectivity index (χ0) is 42.8. The van der Waals surface area contributed by atoms with Crippen molar-refractivity contribution < 1.29 is 28.8 Å². The van der Waals surface area contributed by atoms with Crippen LogP contribution in [0.15, 0.2) is 60.7 Å². The molecule has 0 spiro atoms. The van der Waals surface area contributed by atoms with Crippen LogP contribution in [0.4, 0.5) is 0 Å². The number of carbonyl (C=O) groups excluding carboxylic acids is 6. The third-order valence-electron chi connectivity index (χ3n) is 12.4. The Bertz CT molecular complexity index is 2010. The lowest BCUT2D eigenvalue weighted by molar-refractivity contribution is -0.150. The summed E-state index contributed by atoms with van der Waals surface area (Å²) in [4.78, 5) is 83.8. The Morgan fingerprint density at radius 2 is 1.15 bits per heavy atom. The number of carbonyl (C=O) groups is 6. The fourth-order valence-electron chi connectivity index (χ4n) is 8.35. The molecule has 6 amide bonds. The van der Waals surface area contributed by atoms with Crippen LogP contribution in [0.25, 0.3) is 0 Å². The SMILES string of the molecule is CNC(C)C(=O)NC(CC#CC=CCC(NC(=O)C(C)NC)C(=O)N1CCC1C(=O)NC1CCCc2ccccc21)C(=O)N1CCC1C(=O)NC1CCCc2ccccc21. The highest BCUT2D eigenvalue weighted by Crippen LogP contribution is 2.32. The minimum absolute atomic E-state index is 0.0129. The van der Waals surface area contributed by atoms with E-state index in [1.807, 2.05) is 36.4 Å². The lowest BCUT2D eigenvalue weighted by atomic mass is 9.87. The normalized spacial score (nSPS) is 22.5. The van der Waals surface area contributed by atoms with Gasteiger partial charge in [-0.3, -0.25) is 28.8 Å². The van der Waals surface area contributed by atoms with Crippen molar-refractivity contribution in [2.45, 2.75) is 126 Å². The topological polar surface area (TPSA) is 181 Å². The molecule has 6 N–H and O–H groups in total. The van der Waals surface area contributed by atoms with E-state index in [2.05, 4.69) is 55.9 Å². The molecule has 320 valence electrons. The van der Waals surface area contributed by atoms with Gasteiger partial charge in [-0.2, -0.15) is 0 Å². The molecule has 60 heavy (non-hydrogen) atoms. The minimum atomic E-state index is -0.992. The fourth-order valence-corrected chi connectivity index (χ4v) is 8.35. The molecule has 2 heterocycles. The molecule has 0 radical (unpaired) electrons. The number of aryl methyl sites for hydroxylation is 2. The van der Waals surface area contributed by atoms with E-state index in [1.165, 1.54) is 20.9 Å². The molecular formula is C46H60N8O6. The zero-order valence-corrected chi connectivity index (χ0v) is 35.2. The molecule has 0 bridgehead atoms. The number of amides is 6. The van der Waals surface area contributed by atoms with Crippen LogP contribution >= 0.6 is 0 Å². The molecular weight excluding hydrogens is 761 g/mol. The summed E-state index contributed by atoms with van der Waals surface area (Å²) < 4.78 is 0. The van der Waals surface area contributed by atoms with Crippen LogP contribution in [0.3, 0.4) is 0 Å². The summed E-state index contributed by atoms with van der Waals surface area (Å²) in [6, 6.07) is 11.7. The number of fused-ring (bicyclic) bond motifs is 2. The first-order chi connectivity index (χ1) is 29.0. The van der Waals surface area contributed by atoms with Gasteiger partial charge in [0.25, 0.3) is 0 Å². The van der Waals surface area contributed by atoms with Crippen LogP contribution in [-0.4, -0.2) is 109 Å². The van der Waals surface area contributed by atoms with Crippen LogP contribution < -0.4 is 31.9 Å². The highest BCUT2D eigenvalue weighted by atomic mass is 16.2. The van der Waals surface area contributed by atoms with Crippen molar-refractivity contribution >= 4 is 35.4 Å². The number of hydrogen-bond acceptors (Lipinski definition) is 8. The first-order valence-corrected chi connectivity index (χ1v) is 21.5. The average molecular weight is 821 g/mol. The van der Waals surface area contributed by atoms with Gasteiger partial charge in [-0.1, -0.05) is 66.4 Å². The molecule has 2 aliphatic heterocycles. The maximum atomic E-state index is 13.9. The Balaban J connectivity index is 1.08. The molecule has 6 rings (SSSR count).